The lowest BCUT2D eigenvalue weighted by molar-refractivity contribution is -0.137. The fourth-order valence-corrected chi connectivity index (χ4v) is 1.40. The average molecular weight is 183 g/mol. The molecule has 1 fully saturated rings. The van der Waals surface area contributed by atoms with Crippen LogP contribution in [0.2, 0.25) is 0 Å². The second-order valence-corrected chi connectivity index (χ2v) is 3.16. The van der Waals surface area contributed by atoms with Crippen molar-refractivity contribution < 1.29 is 9.53 Å². The van der Waals surface area contributed by atoms with Crippen LogP contribution in [0.1, 0.15) is 32.6 Å². The van der Waals surface area contributed by atoms with Gasteiger partial charge in [-0.25, -0.2) is 4.79 Å². The van der Waals surface area contributed by atoms with E-state index in [4.69, 9.17) is 4.74 Å². The van der Waals surface area contributed by atoms with E-state index in [-0.39, 0.29) is 5.97 Å². The Kier molecular flexibility index (Phi) is 4.36. The minimum absolute atomic E-state index is 0.230. The van der Waals surface area contributed by atoms with Gasteiger partial charge in [0.15, 0.2) is 0 Å². The predicted molar refractivity (Wildman–Crippen MR) is 51.2 cm³/mol. The van der Waals surface area contributed by atoms with Crippen LogP contribution in [-0.4, -0.2) is 19.1 Å². The molecule has 0 amide bonds. The van der Waals surface area contributed by atoms with Crippen molar-refractivity contribution >= 4 is 5.97 Å². The lowest BCUT2D eigenvalue weighted by Gasteiger charge is -2.05. The molecule has 1 heterocycles. The zero-order valence-electron chi connectivity index (χ0n) is 8.14. The second-order valence-electron chi connectivity index (χ2n) is 3.16. The summed E-state index contributed by atoms with van der Waals surface area (Å²) in [4.78, 5) is 11.1. The van der Waals surface area contributed by atoms with Crippen molar-refractivity contribution in [2.24, 2.45) is 0 Å². The van der Waals surface area contributed by atoms with E-state index < -0.39 is 0 Å². The predicted octanol–water partition coefficient (Wildman–Crippen LogP) is 1.60. The fourth-order valence-electron chi connectivity index (χ4n) is 1.40. The van der Waals surface area contributed by atoms with E-state index in [9.17, 15) is 4.79 Å². The van der Waals surface area contributed by atoms with Gasteiger partial charge in [-0.2, -0.15) is 0 Å². The van der Waals surface area contributed by atoms with E-state index in [0.29, 0.717) is 6.61 Å². The summed E-state index contributed by atoms with van der Waals surface area (Å²) in [5, 5.41) is 3.23. The summed E-state index contributed by atoms with van der Waals surface area (Å²) in [6, 6.07) is 0. The van der Waals surface area contributed by atoms with Crippen molar-refractivity contribution in [3.63, 3.8) is 0 Å². The van der Waals surface area contributed by atoms with Gasteiger partial charge in [0, 0.05) is 18.3 Å². The van der Waals surface area contributed by atoms with Gasteiger partial charge in [0.25, 0.3) is 0 Å². The first kappa shape index (κ1) is 10.1. The number of hydrogen-bond acceptors (Lipinski definition) is 3. The smallest absolute Gasteiger partial charge is 0.332 e. The minimum atomic E-state index is -0.230. The SMILES string of the molecule is CCOC(=O)/C=C1/CCCCCN1. The van der Waals surface area contributed by atoms with Gasteiger partial charge < -0.3 is 10.1 Å². The molecular formula is C10H17NO2. The van der Waals surface area contributed by atoms with Crippen LogP contribution in [0.3, 0.4) is 0 Å². The zero-order valence-corrected chi connectivity index (χ0v) is 8.14. The molecule has 3 heteroatoms. The van der Waals surface area contributed by atoms with Crippen molar-refractivity contribution in [2.45, 2.75) is 32.6 Å². The molecule has 0 aromatic rings. The van der Waals surface area contributed by atoms with Gasteiger partial charge in [-0.3, -0.25) is 0 Å². The first-order valence-electron chi connectivity index (χ1n) is 4.94. The highest BCUT2D eigenvalue weighted by Crippen LogP contribution is 2.10. The van der Waals surface area contributed by atoms with Crippen LogP contribution in [0.4, 0.5) is 0 Å². The first-order valence-corrected chi connectivity index (χ1v) is 4.94. The van der Waals surface area contributed by atoms with E-state index in [0.717, 1.165) is 25.1 Å². The molecule has 1 saturated heterocycles. The molecule has 3 nitrogen and oxygen atoms in total. The largest absolute Gasteiger partial charge is 0.463 e. The van der Waals surface area contributed by atoms with Gasteiger partial charge in [-0.15, -0.1) is 0 Å². The van der Waals surface area contributed by atoms with Crippen LogP contribution in [0.15, 0.2) is 11.8 Å². The van der Waals surface area contributed by atoms with E-state index in [2.05, 4.69) is 5.32 Å². The second kappa shape index (κ2) is 5.62. The number of esters is 1. The number of nitrogens with one attached hydrogen (secondary N) is 1. The highest BCUT2D eigenvalue weighted by Gasteiger charge is 2.05. The van der Waals surface area contributed by atoms with E-state index >= 15 is 0 Å². The van der Waals surface area contributed by atoms with Crippen LogP contribution >= 0.6 is 0 Å². The van der Waals surface area contributed by atoms with Crippen LogP contribution < -0.4 is 5.32 Å². The standard InChI is InChI=1S/C10H17NO2/c1-2-13-10(12)8-9-6-4-3-5-7-11-9/h8,11H,2-7H2,1H3/b9-8-. The summed E-state index contributed by atoms with van der Waals surface area (Å²) < 4.78 is 4.83. The molecule has 13 heavy (non-hydrogen) atoms. The normalized spacial score (nSPS) is 20.5. The van der Waals surface area contributed by atoms with Crippen LogP contribution in [0.25, 0.3) is 0 Å². The molecule has 0 atom stereocenters. The highest BCUT2D eigenvalue weighted by molar-refractivity contribution is 5.82. The Labute approximate surface area is 79.2 Å². The van der Waals surface area contributed by atoms with Crippen LogP contribution in [-0.2, 0) is 9.53 Å². The fraction of sp³-hybridized carbons (Fsp3) is 0.700. The van der Waals surface area contributed by atoms with E-state index in [1.54, 1.807) is 6.08 Å². The summed E-state index contributed by atoms with van der Waals surface area (Å²) in [6.07, 6.45) is 6.15. The Bertz CT molecular complexity index is 189. The maximum Gasteiger partial charge on any atom is 0.332 e. The maximum absolute atomic E-state index is 11.1. The van der Waals surface area contributed by atoms with Gasteiger partial charge in [0.05, 0.1) is 6.61 Å². The Morgan fingerprint density at radius 2 is 2.38 bits per heavy atom. The summed E-state index contributed by atoms with van der Waals surface area (Å²) >= 11 is 0. The Morgan fingerprint density at radius 3 is 3.15 bits per heavy atom. The van der Waals surface area contributed by atoms with Crippen molar-refractivity contribution in [3.05, 3.63) is 11.8 Å². The highest BCUT2D eigenvalue weighted by atomic mass is 16.5. The molecule has 0 spiro atoms. The van der Waals surface area contributed by atoms with Gasteiger partial charge in [0.1, 0.15) is 0 Å². The molecular weight excluding hydrogens is 166 g/mol. The van der Waals surface area contributed by atoms with Crippen molar-refractivity contribution in [2.75, 3.05) is 13.2 Å². The molecule has 1 aliphatic heterocycles. The molecule has 0 aromatic carbocycles. The zero-order chi connectivity index (χ0) is 9.52. The topological polar surface area (TPSA) is 38.3 Å². The van der Waals surface area contributed by atoms with E-state index in [1.165, 1.54) is 12.8 Å². The third-order valence-corrected chi connectivity index (χ3v) is 2.05. The molecule has 1 aliphatic rings. The first-order chi connectivity index (χ1) is 6.33. The summed E-state index contributed by atoms with van der Waals surface area (Å²) in [6.45, 7) is 3.24. The lowest BCUT2D eigenvalue weighted by Crippen LogP contribution is -2.14. The lowest BCUT2D eigenvalue weighted by atomic mass is 10.2. The number of ether oxygens (including phenoxy) is 1. The third-order valence-electron chi connectivity index (χ3n) is 2.05. The van der Waals surface area contributed by atoms with Gasteiger partial charge in [0.2, 0.25) is 0 Å². The molecule has 0 saturated carbocycles. The van der Waals surface area contributed by atoms with Crippen molar-refractivity contribution in [3.8, 4) is 0 Å². The van der Waals surface area contributed by atoms with Gasteiger partial charge in [-0.05, 0) is 26.2 Å². The minimum Gasteiger partial charge on any atom is -0.463 e. The Hall–Kier alpha value is -0.990. The summed E-state index contributed by atoms with van der Waals surface area (Å²) in [5.41, 5.74) is 1.02. The number of hydrogen-bond donors (Lipinski definition) is 1. The molecule has 0 unspecified atom stereocenters. The molecule has 0 aliphatic carbocycles. The Balaban J connectivity index is 2.42. The number of rotatable bonds is 2. The Morgan fingerprint density at radius 1 is 1.54 bits per heavy atom. The number of carbonyl (C=O) groups is 1. The summed E-state index contributed by atoms with van der Waals surface area (Å²) in [7, 11) is 0. The number of allylic oxidation sites excluding steroid dienone is 1. The maximum atomic E-state index is 11.1. The van der Waals surface area contributed by atoms with Gasteiger partial charge >= 0.3 is 5.97 Å². The van der Waals surface area contributed by atoms with Crippen molar-refractivity contribution in [1.29, 1.82) is 0 Å². The molecule has 0 aromatic heterocycles. The quantitative estimate of drug-likeness (QED) is 0.522. The van der Waals surface area contributed by atoms with Gasteiger partial charge in [-0.1, -0.05) is 6.42 Å². The molecule has 0 bridgehead atoms. The van der Waals surface area contributed by atoms with Crippen LogP contribution in [0, 0.1) is 0 Å². The third kappa shape index (κ3) is 3.97. The average Bonchev–Trinajstić information content (AvgIpc) is 2.33. The molecule has 1 rings (SSSR count). The van der Waals surface area contributed by atoms with Crippen molar-refractivity contribution in [1.82, 2.24) is 5.32 Å². The summed E-state index contributed by atoms with van der Waals surface area (Å²) in [5.74, 6) is -0.230. The molecule has 0 radical (unpaired) electrons. The molecule has 1 N–H and O–H groups in total. The van der Waals surface area contributed by atoms with E-state index in [1.807, 2.05) is 6.92 Å². The monoisotopic (exact) mass is 183 g/mol. The van der Waals surface area contributed by atoms with Crippen LogP contribution in [0.5, 0.6) is 0 Å². The number of carbonyl (C=O) groups excluding carboxylic acids is 1. The molecule has 74 valence electrons.